The lowest BCUT2D eigenvalue weighted by molar-refractivity contribution is 0.707. The van der Waals surface area contributed by atoms with Crippen LogP contribution in [0, 0.1) is 0 Å². The van der Waals surface area contributed by atoms with Crippen molar-refractivity contribution in [3.8, 4) is 0 Å². The first-order valence-electron chi connectivity index (χ1n) is 5.06. The highest BCUT2D eigenvalue weighted by molar-refractivity contribution is 9.10. The van der Waals surface area contributed by atoms with E-state index in [9.17, 15) is 4.79 Å². The van der Waals surface area contributed by atoms with Gasteiger partial charge >= 0.3 is 0 Å². The Morgan fingerprint density at radius 2 is 2.41 bits per heavy atom. The zero-order chi connectivity index (χ0) is 12.3. The zero-order valence-corrected chi connectivity index (χ0v) is 10.7. The third-order valence-electron chi connectivity index (χ3n) is 2.27. The Balaban J connectivity index is 2.13. The molecule has 2 aromatic heterocycles. The van der Waals surface area contributed by atoms with E-state index in [4.69, 9.17) is 0 Å². The molecule has 0 spiro atoms. The van der Waals surface area contributed by atoms with Crippen molar-refractivity contribution in [2.75, 3.05) is 5.32 Å². The molecule has 0 radical (unpaired) electrons. The van der Waals surface area contributed by atoms with E-state index in [1.165, 1.54) is 6.20 Å². The molecule has 0 atom stereocenters. The maximum Gasteiger partial charge on any atom is 0.280 e. The Kier molecular flexibility index (Phi) is 3.52. The van der Waals surface area contributed by atoms with Crippen molar-refractivity contribution >= 4 is 21.6 Å². The molecule has 0 amide bonds. The predicted molar refractivity (Wildman–Crippen MR) is 65.6 cm³/mol. The van der Waals surface area contributed by atoms with Crippen LogP contribution in [0.4, 0.5) is 5.69 Å². The third-order valence-corrected chi connectivity index (χ3v) is 3.06. The van der Waals surface area contributed by atoms with Crippen LogP contribution in [0.5, 0.6) is 0 Å². The van der Waals surface area contributed by atoms with Crippen LogP contribution in [0.15, 0.2) is 21.8 Å². The van der Waals surface area contributed by atoms with Crippen LogP contribution in [0.3, 0.4) is 0 Å². The van der Waals surface area contributed by atoms with Gasteiger partial charge in [0.15, 0.2) is 5.82 Å². The summed E-state index contributed by atoms with van der Waals surface area (Å²) in [6.45, 7) is 3.30. The molecule has 0 aliphatic heterocycles. The van der Waals surface area contributed by atoms with Crippen LogP contribution >= 0.6 is 15.9 Å². The normalized spacial score (nSPS) is 10.5. The van der Waals surface area contributed by atoms with Gasteiger partial charge in [-0.2, -0.15) is 5.10 Å². The van der Waals surface area contributed by atoms with E-state index in [2.05, 4.69) is 41.6 Å². The molecule has 0 fully saturated rings. The first-order valence-corrected chi connectivity index (χ1v) is 5.85. The van der Waals surface area contributed by atoms with E-state index in [1.807, 2.05) is 11.5 Å². The molecule has 8 heteroatoms. The highest BCUT2D eigenvalue weighted by Gasteiger charge is 2.06. The van der Waals surface area contributed by atoms with Crippen molar-refractivity contribution in [2.45, 2.75) is 20.0 Å². The van der Waals surface area contributed by atoms with Crippen LogP contribution < -0.4 is 10.9 Å². The lowest BCUT2D eigenvalue weighted by atomic mass is 10.4. The Hall–Kier alpha value is -1.70. The summed E-state index contributed by atoms with van der Waals surface area (Å²) in [6, 6.07) is 0. The molecule has 0 aromatic carbocycles. The molecule has 7 nitrogen and oxygen atoms in total. The average Bonchev–Trinajstić information content (AvgIpc) is 2.78. The Bertz CT molecular complexity index is 563. The van der Waals surface area contributed by atoms with Gasteiger partial charge in [-0.05, 0) is 22.9 Å². The lowest BCUT2D eigenvalue weighted by Crippen LogP contribution is -2.13. The molecule has 17 heavy (non-hydrogen) atoms. The summed E-state index contributed by atoms with van der Waals surface area (Å²) in [5, 5.41) is 16.9. The second-order valence-corrected chi connectivity index (χ2v) is 4.11. The van der Waals surface area contributed by atoms with Gasteiger partial charge in [-0.3, -0.25) is 4.79 Å². The number of rotatable bonds is 4. The molecule has 2 rings (SSSR count). The summed E-state index contributed by atoms with van der Waals surface area (Å²) in [7, 11) is 0. The summed E-state index contributed by atoms with van der Waals surface area (Å²) in [5.41, 5.74) is 0.353. The summed E-state index contributed by atoms with van der Waals surface area (Å²) < 4.78 is 2.34. The minimum absolute atomic E-state index is 0.271. The van der Waals surface area contributed by atoms with Gasteiger partial charge in [0, 0.05) is 6.54 Å². The van der Waals surface area contributed by atoms with Gasteiger partial charge in [0.1, 0.15) is 10.8 Å². The number of aromatic amines is 1. The molecule has 2 aromatic rings. The van der Waals surface area contributed by atoms with E-state index in [0.717, 1.165) is 12.4 Å². The largest absolute Gasteiger partial charge is 0.375 e. The van der Waals surface area contributed by atoms with Gasteiger partial charge in [-0.25, -0.2) is 5.10 Å². The van der Waals surface area contributed by atoms with E-state index in [1.54, 1.807) is 6.33 Å². The highest BCUT2D eigenvalue weighted by atomic mass is 79.9. The zero-order valence-electron chi connectivity index (χ0n) is 9.14. The van der Waals surface area contributed by atoms with E-state index in [0.29, 0.717) is 16.7 Å². The molecule has 0 unspecified atom stereocenters. The van der Waals surface area contributed by atoms with Crippen LogP contribution in [-0.2, 0) is 13.1 Å². The highest BCUT2D eigenvalue weighted by Crippen LogP contribution is 2.15. The number of aryl methyl sites for hydroxylation is 1. The monoisotopic (exact) mass is 298 g/mol. The minimum Gasteiger partial charge on any atom is -0.375 e. The van der Waals surface area contributed by atoms with Gasteiger partial charge in [-0.15, -0.1) is 10.2 Å². The fourth-order valence-corrected chi connectivity index (χ4v) is 1.69. The number of nitrogens with zero attached hydrogens (tertiary/aromatic N) is 4. The first kappa shape index (κ1) is 11.8. The van der Waals surface area contributed by atoms with Crippen molar-refractivity contribution < 1.29 is 0 Å². The average molecular weight is 299 g/mol. The standard InChI is InChI=1S/C9H11BrN6O/c1-2-16-5-13-14-7(16)4-11-6-3-12-15-9(17)8(6)10/h3,5H,2,4H2,1H3,(H2,11,15,17). The van der Waals surface area contributed by atoms with Crippen LogP contribution in [0.1, 0.15) is 12.7 Å². The van der Waals surface area contributed by atoms with Crippen LogP contribution in [0.2, 0.25) is 0 Å². The van der Waals surface area contributed by atoms with E-state index >= 15 is 0 Å². The fraction of sp³-hybridized carbons (Fsp3) is 0.333. The molecule has 0 saturated carbocycles. The van der Waals surface area contributed by atoms with Crippen molar-refractivity contribution in [1.82, 2.24) is 25.0 Å². The number of aromatic nitrogens is 5. The molecule has 2 N–H and O–H groups in total. The van der Waals surface area contributed by atoms with Gasteiger partial charge < -0.3 is 9.88 Å². The predicted octanol–water partition coefficient (Wildman–Crippen LogP) is 0.756. The summed E-state index contributed by atoms with van der Waals surface area (Å²) >= 11 is 3.19. The Morgan fingerprint density at radius 1 is 1.59 bits per heavy atom. The number of halogens is 1. The molecule has 0 aliphatic rings. The van der Waals surface area contributed by atoms with Crippen molar-refractivity contribution in [3.63, 3.8) is 0 Å². The first-order chi connectivity index (χ1) is 8.22. The van der Waals surface area contributed by atoms with Crippen molar-refractivity contribution in [1.29, 1.82) is 0 Å². The van der Waals surface area contributed by atoms with Crippen molar-refractivity contribution in [3.05, 3.63) is 33.2 Å². The quantitative estimate of drug-likeness (QED) is 0.870. The second-order valence-electron chi connectivity index (χ2n) is 3.31. The Labute approximate surface area is 105 Å². The minimum atomic E-state index is -0.271. The smallest absolute Gasteiger partial charge is 0.280 e. The number of H-pyrrole nitrogens is 1. The molecule has 2 heterocycles. The van der Waals surface area contributed by atoms with Gasteiger partial charge in [0.05, 0.1) is 18.4 Å². The molecular formula is C9H11BrN6O. The second kappa shape index (κ2) is 5.09. The maximum atomic E-state index is 11.3. The number of nitrogens with one attached hydrogen (secondary N) is 2. The van der Waals surface area contributed by atoms with E-state index < -0.39 is 0 Å². The van der Waals surface area contributed by atoms with E-state index in [-0.39, 0.29) is 5.56 Å². The molecule has 0 saturated heterocycles. The van der Waals surface area contributed by atoms with Crippen LogP contribution in [-0.4, -0.2) is 25.0 Å². The van der Waals surface area contributed by atoms with Gasteiger partial charge in [0.25, 0.3) is 5.56 Å². The Morgan fingerprint density at radius 3 is 3.18 bits per heavy atom. The molecule has 90 valence electrons. The van der Waals surface area contributed by atoms with Gasteiger partial charge in [0.2, 0.25) is 0 Å². The van der Waals surface area contributed by atoms with Gasteiger partial charge in [-0.1, -0.05) is 0 Å². The molecule has 0 bridgehead atoms. The van der Waals surface area contributed by atoms with Crippen molar-refractivity contribution in [2.24, 2.45) is 0 Å². The topological polar surface area (TPSA) is 88.5 Å². The SMILES string of the molecule is CCn1cnnc1CNc1cn[nH]c(=O)c1Br. The summed E-state index contributed by atoms with van der Waals surface area (Å²) in [6.07, 6.45) is 3.21. The fourth-order valence-electron chi connectivity index (χ4n) is 1.36. The molecule has 0 aliphatic carbocycles. The summed E-state index contributed by atoms with van der Waals surface area (Å²) in [5.74, 6) is 0.805. The third kappa shape index (κ3) is 2.52. The van der Waals surface area contributed by atoms with Crippen LogP contribution in [0.25, 0.3) is 0 Å². The number of anilines is 1. The maximum absolute atomic E-state index is 11.3. The number of hydrogen-bond donors (Lipinski definition) is 2. The number of hydrogen-bond acceptors (Lipinski definition) is 5. The summed E-state index contributed by atoms with van der Waals surface area (Å²) in [4.78, 5) is 11.3. The lowest BCUT2D eigenvalue weighted by Gasteiger charge is -2.07. The molecular weight excluding hydrogens is 288 g/mol.